The molecule has 1 aliphatic rings. The third-order valence-electron chi connectivity index (χ3n) is 3.11. The highest BCUT2D eigenvalue weighted by Crippen LogP contribution is 2.35. The molecule has 0 saturated carbocycles. The maximum absolute atomic E-state index is 13.9. The standard InChI is InChI=1S/C15H10ClFN2O/c16-12-3-1-2-8(14(12)17)6-11-10-7-9(18)4-5-13(10)19-15(11)20/h1-7H,18H2,(H,19,20)/b11-6-. The fraction of sp³-hybridized carbons (Fsp3) is 0. The predicted molar refractivity (Wildman–Crippen MR) is 78.8 cm³/mol. The number of hydrogen-bond acceptors (Lipinski definition) is 2. The summed E-state index contributed by atoms with van der Waals surface area (Å²) < 4.78 is 13.9. The summed E-state index contributed by atoms with van der Waals surface area (Å²) in [4.78, 5) is 12.0. The highest BCUT2D eigenvalue weighted by molar-refractivity contribution is 6.35. The van der Waals surface area contributed by atoms with Gasteiger partial charge in [0.2, 0.25) is 0 Å². The molecule has 1 heterocycles. The summed E-state index contributed by atoms with van der Waals surface area (Å²) in [6, 6.07) is 9.75. The van der Waals surface area contributed by atoms with E-state index < -0.39 is 5.82 Å². The van der Waals surface area contributed by atoms with Crippen molar-refractivity contribution < 1.29 is 9.18 Å². The quantitative estimate of drug-likeness (QED) is 0.623. The number of nitrogens with one attached hydrogen (secondary N) is 1. The number of nitrogens with two attached hydrogens (primary N) is 1. The zero-order chi connectivity index (χ0) is 14.3. The molecule has 0 atom stereocenters. The molecule has 5 heteroatoms. The first-order valence-corrected chi connectivity index (χ1v) is 6.31. The van der Waals surface area contributed by atoms with Gasteiger partial charge in [-0.3, -0.25) is 4.79 Å². The van der Waals surface area contributed by atoms with E-state index >= 15 is 0 Å². The number of halogens is 2. The van der Waals surface area contributed by atoms with Crippen LogP contribution in [0.1, 0.15) is 11.1 Å². The van der Waals surface area contributed by atoms with Crippen molar-refractivity contribution in [3.05, 3.63) is 58.4 Å². The molecule has 3 nitrogen and oxygen atoms in total. The Morgan fingerprint density at radius 3 is 2.85 bits per heavy atom. The van der Waals surface area contributed by atoms with E-state index in [0.29, 0.717) is 22.5 Å². The van der Waals surface area contributed by atoms with E-state index in [-0.39, 0.29) is 16.5 Å². The highest BCUT2D eigenvalue weighted by Gasteiger charge is 2.24. The second kappa shape index (κ2) is 4.65. The second-order valence-electron chi connectivity index (χ2n) is 4.46. The lowest BCUT2D eigenvalue weighted by Gasteiger charge is -2.02. The van der Waals surface area contributed by atoms with E-state index in [9.17, 15) is 9.18 Å². The number of fused-ring (bicyclic) bond motifs is 1. The number of benzene rings is 2. The average Bonchev–Trinajstić information content (AvgIpc) is 2.71. The number of carbonyl (C=O) groups excluding carboxylic acids is 1. The van der Waals surface area contributed by atoms with Gasteiger partial charge in [-0.15, -0.1) is 0 Å². The summed E-state index contributed by atoms with van der Waals surface area (Å²) in [5.41, 5.74) is 8.22. The topological polar surface area (TPSA) is 55.1 Å². The van der Waals surface area contributed by atoms with Crippen LogP contribution in [0.15, 0.2) is 36.4 Å². The number of rotatable bonds is 1. The molecule has 3 N–H and O–H groups in total. The number of anilines is 2. The van der Waals surface area contributed by atoms with Crippen LogP contribution in [-0.4, -0.2) is 5.91 Å². The molecule has 2 aromatic rings. The van der Waals surface area contributed by atoms with Gasteiger partial charge in [0, 0.05) is 28.1 Å². The van der Waals surface area contributed by atoms with Gasteiger partial charge in [-0.05, 0) is 30.3 Å². The van der Waals surface area contributed by atoms with Gasteiger partial charge in [-0.1, -0.05) is 23.7 Å². The van der Waals surface area contributed by atoms with Crippen molar-refractivity contribution in [1.82, 2.24) is 0 Å². The molecule has 0 unspecified atom stereocenters. The van der Waals surface area contributed by atoms with Gasteiger partial charge in [-0.2, -0.15) is 0 Å². The number of hydrogen-bond donors (Lipinski definition) is 2. The molecular formula is C15H10ClFN2O. The Morgan fingerprint density at radius 1 is 1.25 bits per heavy atom. The van der Waals surface area contributed by atoms with Crippen LogP contribution >= 0.6 is 11.6 Å². The van der Waals surface area contributed by atoms with Gasteiger partial charge in [0.1, 0.15) is 5.82 Å². The lowest BCUT2D eigenvalue weighted by atomic mass is 10.0. The van der Waals surface area contributed by atoms with Gasteiger partial charge in [-0.25, -0.2) is 4.39 Å². The fourth-order valence-corrected chi connectivity index (χ4v) is 2.32. The molecule has 0 fully saturated rings. The van der Waals surface area contributed by atoms with E-state index in [1.165, 1.54) is 12.1 Å². The van der Waals surface area contributed by atoms with E-state index in [1.54, 1.807) is 30.3 Å². The maximum atomic E-state index is 13.9. The molecule has 0 bridgehead atoms. The Balaban J connectivity index is 2.15. The average molecular weight is 289 g/mol. The van der Waals surface area contributed by atoms with E-state index in [1.807, 2.05) is 0 Å². The van der Waals surface area contributed by atoms with Crippen LogP contribution in [0, 0.1) is 5.82 Å². The van der Waals surface area contributed by atoms with Crippen LogP contribution in [0.25, 0.3) is 11.6 Å². The van der Waals surface area contributed by atoms with Crippen LogP contribution in [0.2, 0.25) is 5.02 Å². The van der Waals surface area contributed by atoms with Crippen LogP contribution in [0.3, 0.4) is 0 Å². The second-order valence-corrected chi connectivity index (χ2v) is 4.87. The summed E-state index contributed by atoms with van der Waals surface area (Å²) in [5, 5.41) is 2.73. The first-order valence-electron chi connectivity index (χ1n) is 5.93. The molecule has 0 aromatic heterocycles. The van der Waals surface area contributed by atoms with Crippen molar-refractivity contribution in [2.45, 2.75) is 0 Å². The van der Waals surface area contributed by atoms with Crippen molar-refractivity contribution in [2.24, 2.45) is 0 Å². The molecule has 2 aromatic carbocycles. The zero-order valence-corrected chi connectivity index (χ0v) is 11.0. The summed E-state index contributed by atoms with van der Waals surface area (Å²) in [6.45, 7) is 0. The summed E-state index contributed by atoms with van der Waals surface area (Å²) >= 11 is 5.74. The van der Waals surface area contributed by atoms with E-state index in [4.69, 9.17) is 17.3 Å². The molecule has 0 spiro atoms. The minimum absolute atomic E-state index is 0.0190. The normalized spacial score (nSPS) is 15.3. The number of nitrogen functional groups attached to an aromatic ring is 1. The largest absolute Gasteiger partial charge is 0.399 e. The van der Waals surface area contributed by atoms with Crippen molar-refractivity contribution in [3.8, 4) is 0 Å². The third-order valence-corrected chi connectivity index (χ3v) is 3.40. The lowest BCUT2D eigenvalue weighted by molar-refractivity contribution is -0.110. The van der Waals surface area contributed by atoms with Gasteiger partial charge >= 0.3 is 0 Å². The fourth-order valence-electron chi connectivity index (χ4n) is 2.14. The molecule has 0 aliphatic carbocycles. The molecule has 0 saturated heterocycles. The molecule has 1 aliphatic heterocycles. The number of carbonyl (C=O) groups is 1. The Morgan fingerprint density at radius 2 is 2.05 bits per heavy atom. The first-order chi connectivity index (χ1) is 9.56. The zero-order valence-electron chi connectivity index (χ0n) is 10.3. The van der Waals surface area contributed by atoms with Gasteiger partial charge < -0.3 is 11.1 Å². The van der Waals surface area contributed by atoms with Crippen LogP contribution in [0.5, 0.6) is 0 Å². The minimum atomic E-state index is -0.549. The van der Waals surface area contributed by atoms with Crippen LogP contribution in [0.4, 0.5) is 15.8 Å². The lowest BCUT2D eigenvalue weighted by Crippen LogP contribution is -2.03. The smallest absolute Gasteiger partial charge is 0.256 e. The third kappa shape index (κ3) is 2.04. The Hall–Kier alpha value is -2.33. The van der Waals surface area contributed by atoms with E-state index in [2.05, 4.69) is 5.32 Å². The molecule has 1 amide bonds. The summed E-state index contributed by atoms with van der Waals surface area (Å²) in [5.74, 6) is -0.836. The molecule has 3 rings (SSSR count). The Bertz CT molecular complexity index is 756. The highest BCUT2D eigenvalue weighted by atomic mass is 35.5. The SMILES string of the molecule is Nc1ccc2c(c1)/C(=C/c1cccc(Cl)c1F)C(=O)N2. The van der Waals surface area contributed by atoms with Crippen molar-refractivity contribution in [1.29, 1.82) is 0 Å². The molecular weight excluding hydrogens is 279 g/mol. The van der Waals surface area contributed by atoms with Gasteiger partial charge in [0.25, 0.3) is 5.91 Å². The van der Waals surface area contributed by atoms with E-state index in [0.717, 1.165) is 0 Å². The minimum Gasteiger partial charge on any atom is -0.399 e. The van der Waals surface area contributed by atoms with Crippen molar-refractivity contribution in [3.63, 3.8) is 0 Å². The predicted octanol–water partition coefficient (Wildman–Crippen LogP) is 3.55. The molecule has 20 heavy (non-hydrogen) atoms. The summed E-state index contributed by atoms with van der Waals surface area (Å²) in [7, 11) is 0. The molecule has 100 valence electrons. The first kappa shape index (κ1) is 12.7. The van der Waals surface area contributed by atoms with Gasteiger partial charge in [0.05, 0.1) is 5.02 Å². The maximum Gasteiger partial charge on any atom is 0.256 e. The Kier molecular flexibility index (Phi) is 2.95. The van der Waals surface area contributed by atoms with Crippen molar-refractivity contribution >= 4 is 40.5 Å². The van der Waals surface area contributed by atoms with Gasteiger partial charge in [0.15, 0.2) is 0 Å². The van der Waals surface area contributed by atoms with Crippen LogP contribution in [-0.2, 0) is 4.79 Å². The Labute approximate surface area is 119 Å². The van der Waals surface area contributed by atoms with Crippen LogP contribution < -0.4 is 11.1 Å². The molecule has 0 radical (unpaired) electrons. The monoisotopic (exact) mass is 288 g/mol. The summed E-state index contributed by atoms with van der Waals surface area (Å²) in [6.07, 6.45) is 1.47. The number of amides is 1. The van der Waals surface area contributed by atoms with Crippen molar-refractivity contribution in [2.75, 3.05) is 11.1 Å².